The highest BCUT2D eigenvalue weighted by molar-refractivity contribution is 5.91. The molecule has 11 heteroatoms. The average molecular weight is 409 g/mol. The van der Waals surface area contributed by atoms with Crippen LogP contribution in [0.2, 0.25) is 0 Å². The number of anilines is 1. The van der Waals surface area contributed by atoms with E-state index in [0.29, 0.717) is 35.9 Å². The van der Waals surface area contributed by atoms with E-state index in [1.165, 1.54) is 4.90 Å². The molecule has 0 aliphatic carbocycles. The molecule has 152 valence electrons. The van der Waals surface area contributed by atoms with Gasteiger partial charge in [0.25, 0.3) is 0 Å². The number of alkyl halides is 3. The Morgan fingerprint density at radius 3 is 2.93 bits per heavy atom. The Morgan fingerprint density at radius 1 is 1.31 bits per heavy atom. The lowest BCUT2D eigenvalue weighted by molar-refractivity contribution is -0.596. The van der Waals surface area contributed by atoms with Crippen molar-refractivity contribution < 1.29 is 27.7 Å². The molecule has 3 aromatic heterocycles. The molecule has 1 atom stereocenters. The molecule has 29 heavy (non-hydrogen) atoms. The molecule has 3 N–H and O–H groups in total. The summed E-state index contributed by atoms with van der Waals surface area (Å²) in [5.74, 6) is -1.27. The van der Waals surface area contributed by atoms with E-state index in [9.17, 15) is 22.4 Å². The number of nitrogens with one attached hydrogen (secondary N) is 1. The van der Waals surface area contributed by atoms with E-state index in [1.807, 2.05) is 0 Å². The minimum absolute atomic E-state index is 0.0910. The summed E-state index contributed by atoms with van der Waals surface area (Å²) < 4.78 is 51.8. The first-order valence-corrected chi connectivity index (χ1v) is 8.99. The molecule has 1 fully saturated rings. The van der Waals surface area contributed by atoms with Gasteiger partial charge in [0.05, 0.1) is 6.20 Å². The van der Waals surface area contributed by atoms with Crippen molar-refractivity contribution in [3.8, 4) is 11.4 Å². The van der Waals surface area contributed by atoms with E-state index in [2.05, 4.69) is 19.9 Å². The number of carbonyl (C=O) groups is 1. The van der Waals surface area contributed by atoms with E-state index < -0.39 is 30.5 Å². The predicted octanol–water partition coefficient (Wildman–Crippen LogP) is 1.78. The third kappa shape index (κ3) is 3.90. The van der Waals surface area contributed by atoms with Crippen molar-refractivity contribution in [1.29, 1.82) is 0 Å². The van der Waals surface area contributed by atoms with Crippen LogP contribution in [0.1, 0.15) is 12.8 Å². The first kappa shape index (κ1) is 19.2. The zero-order valence-corrected chi connectivity index (χ0v) is 15.1. The zero-order chi connectivity index (χ0) is 20.6. The smallest absolute Gasteiger partial charge is 0.346 e. The second-order valence-corrected chi connectivity index (χ2v) is 6.74. The monoisotopic (exact) mass is 409 g/mol. The van der Waals surface area contributed by atoms with Crippen molar-refractivity contribution in [2.24, 2.45) is 0 Å². The van der Waals surface area contributed by atoms with Crippen LogP contribution in [-0.2, 0) is 4.79 Å². The fourth-order valence-corrected chi connectivity index (χ4v) is 3.51. The van der Waals surface area contributed by atoms with Crippen molar-refractivity contribution in [2.75, 3.05) is 18.0 Å². The fraction of sp³-hybridized carbons (Fsp3) is 0.333. The van der Waals surface area contributed by atoms with Gasteiger partial charge >= 0.3 is 12.1 Å². The number of nitrogens with two attached hydrogens (primary N) is 1. The molecule has 1 unspecified atom stereocenters. The number of pyridine rings is 1. The van der Waals surface area contributed by atoms with Crippen molar-refractivity contribution in [1.82, 2.24) is 19.9 Å². The molecular formula is C18H17F4N6O+. The number of hydrogen-bond acceptors (Lipinski definition) is 5. The first-order valence-electron chi connectivity index (χ1n) is 8.99. The topological polar surface area (TPSA) is 91.4 Å². The molecule has 0 saturated carbocycles. The first-order chi connectivity index (χ1) is 13.8. The molecule has 7 nitrogen and oxygen atoms in total. The number of carbonyl (C=O) groups excluding carboxylic acids is 1. The number of quaternary nitrogens is 1. The van der Waals surface area contributed by atoms with Crippen LogP contribution in [0.25, 0.3) is 22.4 Å². The normalized spacial score (nSPS) is 17.2. The molecule has 1 aliphatic rings. The Kier molecular flexibility index (Phi) is 4.91. The number of amides is 1. The van der Waals surface area contributed by atoms with Gasteiger partial charge in [-0.15, -0.1) is 0 Å². The summed E-state index contributed by atoms with van der Waals surface area (Å²) in [7, 11) is 0. The SMILES string of the molecule is O=C([NH2+]CC(F)(F)F)C1CCCN1c1nc(-c2ccnc3[nH]ccc23)ncc1F. The number of H-pyrrole nitrogens is 1. The maximum atomic E-state index is 14.5. The van der Waals surface area contributed by atoms with Gasteiger partial charge in [0.1, 0.15) is 11.7 Å². The summed E-state index contributed by atoms with van der Waals surface area (Å²) in [6.45, 7) is -0.990. The molecule has 0 aromatic carbocycles. The third-order valence-electron chi connectivity index (χ3n) is 4.81. The molecule has 4 rings (SSSR count). The lowest BCUT2D eigenvalue weighted by Crippen LogP contribution is -2.93. The van der Waals surface area contributed by atoms with Gasteiger partial charge in [-0.1, -0.05) is 0 Å². The standard InChI is InChI=1S/C18H16F4N6O/c19-12-8-25-15(11-4-6-24-14-10(11)3-5-23-14)27-16(12)28-7-1-2-13(28)17(29)26-9-18(20,21)22/h3-6,8,13H,1-2,7,9H2,(H,23,24)(H,26,29)/p+1. The van der Waals surface area contributed by atoms with Gasteiger partial charge in [0.15, 0.2) is 24.0 Å². The number of hydrogen-bond donors (Lipinski definition) is 2. The molecular weight excluding hydrogens is 392 g/mol. The van der Waals surface area contributed by atoms with Gasteiger partial charge in [-0.25, -0.2) is 24.1 Å². The van der Waals surface area contributed by atoms with E-state index in [4.69, 9.17) is 0 Å². The third-order valence-corrected chi connectivity index (χ3v) is 4.81. The van der Waals surface area contributed by atoms with Crippen LogP contribution in [0.3, 0.4) is 0 Å². The summed E-state index contributed by atoms with van der Waals surface area (Å²) in [5, 5.41) is 1.37. The van der Waals surface area contributed by atoms with Gasteiger partial charge in [0, 0.05) is 29.9 Å². The number of aromatic nitrogens is 4. The molecule has 0 radical (unpaired) electrons. The number of nitrogens with zero attached hydrogens (tertiary/aromatic N) is 4. The van der Waals surface area contributed by atoms with Gasteiger partial charge in [0.2, 0.25) is 0 Å². The summed E-state index contributed by atoms with van der Waals surface area (Å²) >= 11 is 0. The fourth-order valence-electron chi connectivity index (χ4n) is 3.51. The van der Waals surface area contributed by atoms with Crippen LogP contribution in [0, 0.1) is 5.82 Å². The molecule has 3 aromatic rings. The number of fused-ring (bicyclic) bond motifs is 1. The van der Waals surface area contributed by atoms with E-state index >= 15 is 0 Å². The molecule has 1 aliphatic heterocycles. The highest BCUT2D eigenvalue weighted by Gasteiger charge is 2.39. The van der Waals surface area contributed by atoms with Crippen LogP contribution < -0.4 is 10.2 Å². The summed E-state index contributed by atoms with van der Waals surface area (Å²) in [6.07, 6.45) is 0.702. The van der Waals surface area contributed by atoms with E-state index in [-0.39, 0.29) is 11.6 Å². The maximum Gasteiger partial charge on any atom is 0.438 e. The van der Waals surface area contributed by atoms with E-state index in [0.717, 1.165) is 11.6 Å². The zero-order valence-electron chi connectivity index (χ0n) is 15.1. The summed E-state index contributed by atoms with van der Waals surface area (Å²) in [6, 6.07) is 2.61. The Bertz CT molecular complexity index is 1050. The minimum atomic E-state index is -4.46. The van der Waals surface area contributed by atoms with Crippen molar-refractivity contribution in [2.45, 2.75) is 25.1 Å². The second-order valence-electron chi connectivity index (χ2n) is 6.74. The number of aromatic amines is 1. The molecule has 1 saturated heterocycles. The maximum absolute atomic E-state index is 14.5. The van der Waals surface area contributed by atoms with Crippen molar-refractivity contribution >= 4 is 22.8 Å². The average Bonchev–Trinajstić information content (AvgIpc) is 3.35. The van der Waals surface area contributed by atoms with E-state index in [1.54, 1.807) is 24.5 Å². The van der Waals surface area contributed by atoms with Crippen LogP contribution >= 0.6 is 0 Å². The highest BCUT2D eigenvalue weighted by Crippen LogP contribution is 2.30. The Morgan fingerprint density at radius 2 is 2.14 bits per heavy atom. The van der Waals surface area contributed by atoms with Crippen LogP contribution in [0.4, 0.5) is 23.4 Å². The Balaban J connectivity index is 1.65. The minimum Gasteiger partial charge on any atom is -0.346 e. The van der Waals surface area contributed by atoms with Gasteiger partial charge in [-0.05, 0) is 25.0 Å². The van der Waals surface area contributed by atoms with Gasteiger partial charge in [-0.2, -0.15) is 13.2 Å². The summed E-state index contributed by atoms with van der Waals surface area (Å²) in [5.41, 5.74) is 1.25. The molecule has 4 heterocycles. The van der Waals surface area contributed by atoms with Crippen molar-refractivity contribution in [3.63, 3.8) is 0 Å². The highest BCUT2D eigenvalue weighted by atomic mass is 19.4. The van der Waals surface area contributed by atoms with Crippen LogP contribution in [0.15, 0.2) is 30.7 Å². The lowest BCUT2D eigenvalue weighted by Gasteiger charge is -2.23. The lowest BCUT2D eigenvalue weighted by atomic mass is 10.1. The summed E-state index contributed by atoms with van der Waals surface area (Å²) in [4.78, 5) is 29.2. The largest absolute Gasteiger partial charge is 0.438 e. The van der Waals surface area contributed by atoms with Gasteiger partial charge in [-0.3, -0.25) is 5.32 Å². The number of primary amides is 1. The van der Waals surface area contributed by atoms with Crippen LogP contribution in [0.5, 0.6) is 0 Å². The molecule has 0 spiro atoms. The van der Waals surface area contributed by atoms with Crippen LogP contribution in [-0.4, -0.2) is 51.2 Å². The Hall–Kier alpha value is -3.08. The second kappa shape index (κ2) is 7.39. The van der Waals surface area contributed by atoms with Gasteiger partial charge < -0.3 is 9.88 Å². The molecule has 1 amide bonds. The Labute approximate surface area is 162 Å². The number of rotatable bonds is 4. The molecule has 0 bridgehead atoms. The van der Waals surface area contributed by atoms with Crippen molar-refractivity contribution in [3.05, 3.63) is 36.5 Å². The quantitative estimate of drug-likeness (QED) is 0.641. The predicted molar refractivity (Wildman–Crippen MR) is 95.3 cm³/mol. The number of halogens is 4.